The van der Waals surface area contributed by atoms with Crippen LogP contribution in [0.25, 0.3) is 12.2 Å². The van der Waals surface area contributed by atoms with Crippen molar-refractivity contribution in [2.24, 2.45) is 0 Å². The predicted molar refractivity (Wildman–Crippen MR) is 126 cm³/mol. The van der Waals surface area contributed by atoms with E-state index in [0.29, 0.717) is 18.1 Å². The molecule has 3 rings (SSSR count). The number of ether oxygens (including phenoxy) is 4. The number of rotatable bonds is 11. The second kappa shape index (κ2) is 12.7. The van der Waals surface area contributed by atoms with Crippen LogP contribution in [-0.2, 0) is 9.53 Å². The first-order valence-electron chi connectivity index (χ1n) is 10.8. The van der Waals surface area contributed by atoms with E-state index in [1.165, 1.54) is 12.2 Å². The number of allylic oxidation sites excluding steroid dienone is 2. The molecule has 1 aliphatic heterocycles. The Kier molecular flexibility index (Phi) is 9.35. The normalized spacial score (nSPS) is 14.7. The number of hydrogen-bond donors (Lipinski definition) is 0. The highest BCUT2D eigenvalue weighted by Gasteiger charge is 2.10. The van der Waals surface area contributed by atoms with Gasteiger partial charge >= 0.3 is 0 Å². The van der Waals surface area contributed by atoms with Crippen molar-refractivity contribution in [3.63, 3.8) is 0 Å². The maximum atomic E-state index is 12.2. The van der Waals surface area contributed by atoms with E-state index in [1.54, 1.807) is 26.4 Å². The van der Waals surface area contributed by atoms with Crippen molar-refractivity contribution in [3.05, 3.63) is 65.7 Å². The van der Waals surface area contributed by atoms with E-state index in [-0.39, 0.29) is 5.78 Å². The molecular weight excluding hydrogens is 406 g/mol. The smallest absolute Gasteiger partial charge is 0.178 e. The zero-order valence-corrected chi connectivity index (χ0v) is 18.8. The maximum Gasteiger partial charge on any atom is 0.178 e. The third kappa shape index (κ3) is 7.25. The molecule has 0 N–H and O–H groups in total. The van der Waals surface area contributed by atoms with E-state index in [0.717, 1.165) is 56.1 Å². The molecule has 1 fully saturated rings. The molecule has 0 bridgehead atoms. The summed E-state index contributed by atoms with van der Waals surface area (Å²) < 4.78 is 22.0. The summed E-state index contributed by atoms with van der Waals surface area (Å²) in [4.78, 5) is 14.6. The molecule has 0 amide bonds. The third-order valence-electron chi connectivity index (χ3n) is 5.17. The van der Waals surface area contributed by atoms with Gasteiger partial charge in [0.05, 0.1) is 34.0 Å². The Hall–Kier alpha value is -3.09. The van der Waals surface area contributed by atoms with Crippen LogP contribution in [-0.4, -0.2) is 64.4 Å². The summed E-state index contributed by atoms with van der Waals surface area (Å²) in [5.41, 5.74) is 1.72. The lowest BCUT2D eigenvalue weighted by molar-refractivity contribution is -0.110. The fourth-order valence-corrected chi connectivity index (χ4v) is 3.41. The standard InChI is InChI=1S/C26H31NO5/c1-29-24-7-4-3-6-22(24)10-12-23(28)11-8-21-9-13-25(26(20-21)30-2)32-17-5-14-27-15-18-31-19-16-27/h3-4,6-13,20H,5,14-19H2,1-2H3/b11-8+,12-10+. The molecule has 1 heterocycles. The molecule has 0 radical (unpaired) electrons. The van der Waals surface area contributed by atoms with Crippen LogP contribution in [0.4, 0.5) is 0 Å². The number of benzene rings is 2. The summed E-state index contributed by atoms with van der Waals surface area (Å²) in [7, 11) is 3.23. The number of hydrogen-bond acceptors (Lipinski definition) is 6. The molecule has 1 aliphatic rings. The van der Waals surface area contributed by atoms with E-state index in [1.807, 2.05) is 42.5 Å². The number of methoxy groups -OCH3 is 2. The molecule has 0 atom stereocenters. The molecule has 6 heteroatoms. The van der Waals surface area contributed by atoms with E-state index in [2.05, 4.69) is 4.90 Å². The van der Waals surface area contributed by atoms with Crippen molar-refractivity contribution < 1.29 is 23.7 Å². The molecule has 0 saturated carbocycles. The first kappa shape index (κ1) is 23.6. The number of morpholine rings is 1. The largest absolute Gasteiger partial charge is 0.496 e. The summed E-state index contributed by atoms with van der Waals surface area (Å²) in [6, 6.07) is 13.2. The van der Waals surface area contributed by atoms with Crippen molar-refractivity contribution in [3.8, 4) is 17.2 Å². The number of carbonyl (C=O) groups is 1. The van der Waals surface area contributed by atoms with Crippen LogP contribution in [0.2, 0.25) is 0 Å². The fourth-order valence-electron chi connectivity index (χ4n) is 3.41. The van der Waals surface area contributed by atoms with Crippen LogP contribution in [0.15, 0.2) is 54.6 Å². The lowest BCUT2D eigenvalue weighted by atomic mass is 10.1. The zero-order valence-electron chi connectivity index (χ0n) is 18.8. The SMILES string of the molecule is COc1ccccc1/C=C/C(=O)/C=C/c1ccc(OCCCN2CCOCC2)c(OC)c1. The van der Waals surface area contributed by atoms with Gasteiger partial charge in [0, 0.05) is 25.2 Å². The highest BCUT2D eigenvalue weighted by atomic mass is 16.5. The van der Waals surface area contributed by atoms with Gasteiger partial charge in [-0.15, -0.1) is 0 Å². The zero-order chi connectivity index (χ0) is 22.6. The van der Waals surface area contributed by atoms with Gasteiger partial charge in [-0.1, -0.05) is 30.3 Å². The van der Waals surface area contributed by atoms with Gasteiger partial charge < -0.3 is 18.9 Å². The number of ketones is 1. The molecule has 6 nitrogen and oxygen atoms in total. The molecule has 0 unspecified atom stereocenters. The van der Waals surface area contributed by atoms with Crippen LogP contribution in [0.5, 0.6) is 17.2 Å². The second-order valence-corrected chi connectivity index (χ2v) is 7.38. The molecule has 0 aliphatic carbocycles. The number of para-hydroxylation sites is 1. The summed E-state index contributed by atoms with van der Waals surface area (Å²) in [6.07, 6.45) is 7.51. The monoisotopic (exact) mass is 437 g/mol. The minimum Gasteiger partial charge on any atom is -0.496 e. The molecule has 170 valence electrons. The summed E-state index contributed by atoms with van der Waals surface area (Å²) >= 11 is 0. The fraction of sp³-hybridized carbons (Fsp3) is 0.346. The Labute approximate surface area is 190 Å². The Bertz CT molecular complexity index is 932. The summed E-state index contributed by atoms with van der Waals surface area (Å²) in [5.74, 6) is 1.97. The minimum absolute atomic E-state index is 0.113. The van der Waals surface area contributed by atoms with Gasteiger partial charge in [-0.2, -0.15) is 0 Å². The van der Waals surface area contributed by atoms with E-state index in [9.17, 15) is 4.79 Å². The molecule has 32 heavy (non-hydrogen) atoms. The van der Waals surface area contributed by atoms with Crippen molar-refractivity contribution in [1.29, 1.82) is 0 Å². The van der Waals surface area contributed by atoms with Crippen LogP contribution in [0.3, 0.4) is 0 Å². The first-order chi connectivity index (χ1) is 15.7. The highest BCUT2D eigenvalue weighted by molar-refractivity contribution is 6.04. The van der Waals surface area contributed by atoms with Crippen LogP contribution in [0.1, 0.15) is 17.5 Å². The molecule has 2 aromatic rings. The van der Waals surface area contributed by atoms with Gasteiger partial charge in [0.1, 0.15) is 5.75 Å². The van der Waals surface area contributed by atoms with Crippen LogP contribution >= 0.6 is 0 Å². The Balaban J connectivity index is 1.52. The van der Waals surface area contributed by atoms with E-state index < -0.39 is 0 Å². The lowest BCUT2D eigenvalue weighted by Gasteiger charge is -2.26. The van der Waals surface area contributed by atoms with Crippen molar-refractivity contribution in [2.45, 2.75) is 6.42 Å². The summed E-state index contributed by atoms with van der Waals surface area (Å²) in [6.45, 7) is 5.20. The maximum absolute atomic E-state index is 12.2. The van der Waals surface area contributed by atoms with Crippen LogP contribution < -0.4 is 14.2 Å². The average Bonchev–Trinajstić information content (AvgIpc) is 2.85. The second-order valence-electron chi connectivity index (χ2n) is 7.38. The Morgan fingerprint density at radius 1 is 0.969 bits per heavy atom. The Morgan fingerprint density at radius 3 is 2.50 bits per heavy atom. The average molecular weight is 438 g/mol. The first-order valence-corrected chi connectivity index (χ1v) is 10.8. The minimum atomic E-state index is -0.113. The molecule has 0 aromatic heterocycles. The lowest BCUT2D eigenvalue weighted by Crippen LogP contribution is -2.37. The van der Waals surface area contributed by atoms with Gasteiger partial charge in [0.25, 0.3) is 0 Å². The van der Waals surface area contributed by atoms with Crippen molar-refractivity contribution >= 4 is 17.9 Å². The van der Waals surface area contributed by atoms with Crippen molar-refractivity contribution in [1.82, 2.24) is 4.90 Å². The van der Waals surface area contributed by atoms with Crippen LogP contribution in [0, 0.1) is 0 Å². The quantitative estimate of drug-likeness (QED) is 0.390. The predicted octanol–water partition coefficient (Wildman–Crippen LogP) is 4.10. The van der Waals surface area contributed by atoms with Gasteiger partial charge in [-0.25, -0.2) is 0 Å². The van der Waals surface area contributed by atoms with E-state index in [4.69, 9.17) is 18.9 Å². The molecule has 1 saturated heterocycles. The number of nitrogens with zero attached hydrogens (tertiary/aromatic N) is 1. The van der Waals surface area contributed by atoms with Crippen molar-refractivity contribution in [2.75, 3.05) is 53.7 Å². The highest BCUT2D eigenvalue weighted by Crippen LogP contribution is 2.28. The molecule has 0 spiro atoms. The molecular formula is C26H31NO5. The third-order valence-corrected chi connectivity index (χ3v) is 5.17. The van der Waals surface area contributed by atoms with Gasteiger partial charge in [0.15, 0.2) is 17.3 Å². The molecule has 2 aromatic carbocycles. The number of carbonyl (C=O) groups excluding carboxylic acids is 1. The van der Waals surface area contributed by atoms with E-state index >= 15 is 0 Å². The topological polar surface area (TPSA) is 57.2 Å². The van der Waals surface area contributed by atoms with Gasteiger partial charge in [-0.05, 0) is 48.4 Å². The summed E-state index contributed by atoms with van der Waals surface area (Å²) in [5, 5.41) is 0. The Morgan fingerprint density at radius 2 is 1.72 bits per heavy atom. The van der Waals surface area contributed by atoms with Gasteiger partial charge in [0.2, 0.25) is 0 Å². The van der Waals surface area contributed by atoms with Gasteiger partial charge in [-0.3, -0.25) is 9.69 Å².